The van der Waals surface area contributed by atoms with E-state index in [4.69, 9.17) is 10.9 Å². The molecular weight excluding hydrogens is 286 g/mol. The van der Waals surface area contributed by atoms with Crippen LogP contribution in [-0.4, -0.2) is 54.0 Å². The zero-order valence-electron chi connectivity index (χ0n) is 10.7. The van der Waals surface area contributed by atoms with Gasteiger partial charge in [0.15, 0.2) is 0 Å². The Labute approximate surface area is 116 Å². The highest BCUT2D eigenvalue weighted by molar-refractivity contribution is 7.87. The molecule has 1 fully saturated rings. The van der Waals surface area contributed by atoms with Crippen molar-refractivity contribution in [1.82, 2.24) is 24.8 Å². The Bertz CT molecular complexity index is 584. The molecule has 10 nitrogen and oxygen atoms in total. The zero-order valence-corrected chi connectivity index (χ0v) is 11.6. The molecule has 0 aliphatic carbocycles. The molecule has 1 unspecified atom stereocenters. The van der Waals surface area contributed by atoms with Crippen LogP contribution in [0.2, 0.25) is 0 Å². The molecule has 2 heterocycles. The van der Waals surface area contributed by atoms with Gasteiger partial charge in [0, 0.05) is 19.6 Å². The van der Waals surface area contributed by atoms with Crippen molar-refractivity contribution in [3.8, 4) is 0 Å². The lowest BCUT2D eigenvalue weighted by Crippen LogP contribution is -2.45. The number of nitrogen functional groups attached to an aromatic ring is 1. The minimum atomic E-state index is -3.71. The van der Waals surface area contributed by atoms with Crippen LogP contribution in [0.4, 0.5) is 5.95 Å². The van der Waals surface area contributed by atoms with E-state index in [1.807, 2.05) is 0 Å². The van der Waals surface area contributed by atoms with Crippen LogP contribution in [-0.2, 0) is 10.2 Å². The highest BCUT2D eigenvalue weighted by atomic mass is 32.2. The molecule has 1 saturated heterocycles. The molecule has 1 aromatic rings. The summed E-state index contributed by atoms with van der Waals surface area (Å²) < 4.78 is 24.0. The maximum absolute atomic E-state index is 12.1. The number of aromatic nitrogens is 3. The number of carbonyl (C=O) groups excluding carboxylic acids is 1. The second-order valence-electron chi connectivity index (χ2n) is 4.70. The van der Waals surface area contributed by atoms with Gasteiger partial charge in [0.2, 0.25) is 11.8 Å². The minimum Gasteiger partial charge on any atom is -0.366 e. The number of carbonyl (C=O) groups is 1. The van der Waals surface area contributed by atoms with E-state index in [0.29, 0.717) is 13.1 Å². The molecule has 6 N–H and O–H groups in total. The molecule has 11 heteroatoms. The van der Waals surface area contributed by atoms with E-state index in [2.05, 4.69) is 19.9 Å². The van der Waals surface area contributed by atoms with Crippen LogP contribution in [0.1, 0.15) is 23.5 Å². The van der Waals surface area contributed by atoms with Gasteiger partial charge in [-0.3, -0.25) is 9.89 Å². The summed E-state index contributed by atoms with van der Waals surface area (Å²) in [5.74, 6) is -0.179. The third-order valence-electron chi connectivity index (χ3n) is 3.08. The SMILES string of the molecule is Nc1n[nH]c(C(=O)N2CCCC(CNS(N)(=O)=O)C2)n1. The standard InChI is InChI=1S/C9H17N7O3S/c10-9-13-7(14-15-9)8(17)16-3-1-2-6(5-16)4-12-20(11,18)19/h6,12H,1-5H2,(H2,11,18,19)(H3,10,13,14,15). The normalized spacial score (nSPS) is 20.1. The Morgan fingerprint density at radius 2 is 2.30 bits per heavy atom. The smallest absolute Gasteiger partial charge is 0.291 e. The van der Waals surface area contributed by atoms with Gasteiger partial charge in [0.25, 0.3) is 16.1 Å². The summed E-state index contributed by atoms with van der Waals surface area (Å²) in [4.78, 5) is 17.5. The molecule has 1 aliphatic rings. The molecular formula is C9H17N7O3S. The number of likely N-dealkylation sites (tertiary alicyclic amines) is 1. The number of nitrogens with zero attached hydrogens (tertiary/aromatic N) is 3. The third-order valence-corrected chi connectivity index (χ3v) is 3.65. The van der Waals surface area contributed by atoms with Gasteiger partial charge < -0.3 is 10.6 Å². The molecule has 1 aromatic heterocycles. The fraction of sp³-hybridized carbons (Fsp3) is 0.667. The van der Waals surface area contributed by atoms with Gasteiger partial charge in [-0.15, -0.1) is 5.10 Å². The van der Waals surface area contributed by atoms with Crippen LogP contribution in [0.3, 0.4) is 0 Å². The highest BCUT2D eigenvalue weighted by Crippen LogP contribution is 2.17. The number of amides is 1. The highest BCUT2D eigenvalue weighted by Gasteiger charge is 2.26. The fourth-order valence-corrected chi connectivity index (χ4v) is 2.64. The second-order valence-corrected chi connectivity index (χ2v) is 6.07. The maximum atomic E-state index is 12.1. The lowest BCUT2D eigenvalue weighted by Gasteiger charge is -2.32. The Morgan fingerprint density at radius 1 is 1.55 bits per heavy atom. The van der Waals surface area contributed by atoms with Crippen LogP contribution in [0.5, 0.6) is 0 Å². The number of hydrogen-bond donors (Lipinski definition) is 4. The number of hydrogen-bond acceptors (Lipinski definition) is 6. The quantitative estimate of drug-likeness (QED) is 0.504. The molecule has 112 valence electrons. The summed E-state index contributed by atoms with van der Waals surface area (Å²) >= 11 is 0. The molecule has 1 atom stereocenters. The van der Waals surface area contributed by atoms with Gasteiger partial charge in [-0.05, 0) is 18.8 Å². The predicted molar refractivity (Wildman–Crippen MR) is 70.5 cm³/mol. The molecule has 0 radical (unpaired) electrons. The first-order chi connectivity index (χ1) is 9.35. The summed E-state index contributed by atoms with van der Waals surface area (Å²) in [5.41, 5.74) is 5.35. The van der Waals surface area contributed by atoms with Crippen molar-refractivity contribution in [2.24, 2.45) is 11.1 Å². The van der Waals surface area contributed by atoms with Gasteiger partial charge in [0.1, 0.15) is 0 Å². The van der Waals surface area contributed by atoms with E-state index in [0.717, 1.165) is 12.8 Å². The van der Waals surface area contributed by atoms with Crippen molar-refractivity contribution in [3.05, 3.63) is 5.82 Å². The van der Waals surface area contributed by atoms with E-state index in [1.165, 1.54) is 0 Å². The van der Waals surface area contributed by atoms with E-state index in [-0.39, 0.29) is 30.1 Å². The van der Waals surface area contributed by atoms with Gasteiger partial charge in [-0.1, -0.05) is 0 Å². The lowest BCUT2D eigenvalue weighted by molar-refractivity contribution is 0.0664. The molecule has 0 spiro atoms. The van der Waals surface area contributed by atoms with Crippen molar-refractivity contribution in [2.75, 3.05) is 25.4 Å². The zero-order chi connectivity index (χ0) is 14.8. The molecule has 1 amide bonds. The number of nitrogens with one attached hydrogen (secondary N) is 2. The van der Waals surface area contributed by atoms with Crippen molar-refractivity contribution >= 4 is 22.1 Å². The van der Waals surface area contributed by atoms with Crippen LogP contribution in [0.15, 0.2) is 0 Å². The minimum absolute atomic E-state index is 0.0119. The first kappa shape index (κ1) is 14.7. The monoisotopic (exact) mass is 303 g/mol. The van der Waals surface area contributed by atoms with Crippen LogP contribution < -0.4 is 15.6 Å². The van der Waals surface area contributed by atoms with Crippen molar-refractivity contribution in [1.29, 1.82) is 0 Å². The summed E-state index contributed by atoms with van der Waals surface area (Å²) in [7, 11) is -3.71. The Morgan fingerprint density at radius 3 is 2.90 bits per heavy atom. The number of anilines is 1. The predicted octanol–water partition coefficient (Wildman–Crippen LogP) is -1.97. The second kappa shape index (κ2) is 5.73. The van der Waals surface area contributed by atoms with Crippen LogP contribution in [0, 0.1) is 5.92 Å². The number of nitrogens with two attached hydrogens (primary N) is 2. The maximum Gasteiger partial charge on any atom is 0.291 e. The Kier molecular flexibility index (Phi) is 4.20. The van der Waals surface area contributed by atoms with Gasteiger partial charge in [-0.25, -0.2) is 9.86 Å². The van der Waals surface area contributed by atoms with E-state index < -0.39 is 10.2 Å². The summed E-state index contributed by atoms with van der Waals surface area (Å²) in [6, 6.07) is 0. The fourth-order valence-electron chi connectivity index (χ4n) is 2.17. The first-order valence-corrected chi connectivity index (χ1v) is 7.64. The van der Waals surface area contributed by atoms with E-state index >= 15 is 0 Å². The van der Waals surface area contributed by atoms with Crippen LogP contribution >= 0.6 is 0 Å². The van der Waals surface area contributed by atoms with Gasteiger partial charge in [0.05, 0.1) is 0 Å². The molecule has 2 rings (SSSR count). The summed E-state index contributed by atoms with van der Waals surface area (Å²) in [5, 5.41) is 11.0. The topological polar surface area (TPSA) is 160 Å². The van der Waals surface area contributed by atoms with Gasteiger partial charge >= 0.3 is 0 Å². The van der Waals surface area contributed by atoms with Gasteiger partial charge in [-0.2, -0.15) is 13.4 Å². The number of H-pyrrole nitrogens is 1. The van der Waals surface area contributed by atoms with E-state index in [1.54, 1.807) is 4.90 Å². The van der Waals surface area contributed by atoms with Crippen LogP contribution in [0.25, 0.3) is 0 Å². The summed E-state index contributed by atoms with van der Waals surface area (Å²) in [6.45, 7) is 1.23. The Hall–Kier alpha value is -1.72. The lowest BCUT2D eigenvalue weighted by atomic mass is 9.98. The number of piperidine rings is 1. The van der Waals surface area contributed by atoms with E-state index in [9.17, 15) is 13.2 Å². The first-order valence-electron chi connectivity index (χ1n) is 6.09. The molecule has 0 aromatic carbocycles. The molecule has 20 heavy (non-hydrogen) atoms. The molecule has 0 bridgehead atoms. The number of rotatable bonds is 4. The molecule has 1 aliphatic heterocycles. The third kappa shape index (κ3) is 3.88. The average Bonchev–Trinajstić information content (AvgIpc) is 2.82. The summed E-state index contributed by atoms with van der Waals surface area (Å²) in [6.07, 6.45) is 1.61. The van der Waals surface area contributed by atoms with Crippen molar-refractivity contribution in [2.45, 2.75) is 12.8 Å². The number of aromatic amines is 1. The van der Waals surface area contributed by atoms with Crippen molar-refractivity contribution in [3.63, 3.8) is 0 Å². The van der Waals surface area contributed by atoms with Crippen molar-refractivity contribution < 1.29 is 13.2 Å². The largest absolute Gasteiger partial charge is 0.366 e. The average molecular weight is 303 g/mol. The molecule has 0 saturated carbocycles. The Balaban J connectivity index is 1.94.